The van der Waals surface area contributed by atoms with Crippen LogP contribution in [0.15, 0.2) is 18.2 Å². The number of hydrogen-bond donors (Lipinski definition) is 1. The minimum atomic E-state index is -0.515. The maximum atomic E-state index is 11.8. The minimum absolute atomic E-state index is 0.00372. The summed E-state index contributed by atoms with van der Waals surface area (Å²) in [7, 11) is 1.29. The van der Waals surface area contributed by atoms with E-state index in [-0.39, 0.29) is 5.69 Å². The lowest BCUT2D eigenvalue weighted by Crippen LogP contribution is -3.11. The molecule has 2 rings (SSSR count). The molecule has 0 amide bonds. The number of nitrogens with one attached hydrogen (secondary N) is 1. The third-order valence-corrected chi connectivity index (χ3v) is 4.16. The summed E-state index contributed by atoms with van der Waals surface area (Å²) >= 11 is 0. The van der Waals surface area contributed by atoms with Gasteiger partial charge < -0.3 is 9.64 Å². The standard InChI is InChI=1S/C15H20N2O4/c1-11-6-8-16(9-7-11)10-13-12(15(18)21-2)4-3-5-14(13)17(19)20/h3-5,11H,6-10H2,1-2H3/p+1. The fourth-order valence-corrected chi connectivity index (χ4v) is 2.83. The van der Waals surface area contributed by atoms with Gasteiger partial charge in [-0.15, -0.1) is 0 Å². The molecular weight excluding hydrogens is 272 g/mol. The van der Waals surface area contributed by atoms with Crippen LogP contribution in [0.2, 0.25) is 0 Å². The van der Waals surface area contributed by atoms with Crippen molar-refractivity contribution in [3.63, 3.8) is 0 Å². The Balaban J connectivity index is 2.30. The van der Waals surface area contributed by atoms with Crippen molar-refractivity contribution in [3.05, 3.63) is 39.4 Å². The van der Waals surface area contributed by atoms with Crippen LogP contribution in [0.3, 0.4) is 0 Å². The molecule has 1 N–H and O–H groups in total. The van der Waals surface area contributed by atoms with Crippen LogP contribution in [-0.2, 0) is 11.3 Å². The van der Waals surface area contributed by atoms with Gasteiger partial charge in [0.2, 0.25) is 0 Å². The first kappa shape index (κ1) is 15.4. The number of methoxy groups -OCH3 is 1. The van der Waals surface area contributed by atoms with Crippen LogP contribution in [0, 0.1) is 16.0 Å². The van der Waals surface area contributed by atoms with Gasteiger partial charge in [-0.25, -0.2) is 4.79 Å². The third-order valence-electron chi connectivity index (χ3n) is 4.16. The van der Waals surface area contributed by atoms with Gasteiger partial charge in [0.1, 0.15) is 6.54 Å². The first-order valence-electron chi connectivity index (χ1n) is 7.21. The predicted molar refractivity (Wildman–Crippen MR) is 77.2 cm³/mol. The number of hydrogen-bond acceptors (Lipinski definition) is 4. The van der Waals surface area contributed by atoms with Gasteiger partial charge in [-0.3, -0.25) is 10.1 Å². The van der Waals surface area contributed by atoms with E-state index in [1.165, 1.54) is 24.1 Å². The van der Waals surface area contributed by atoms with Crippen molar-refractivity contribution in [1.82, 2.24) is 0 Å². The molecule has 21 heavy (non-hydrogen) atoms. The normalized spacial score (nSPS) is 21.8. The summed E-state index contributed by atoms with van der Waals surface area (Å²) < 4.78 is 4.75. The smallest absolute Gasteiger partial charge is 0.338 e. The monoisotopic (exact) mass is 293 g/mol. The Hall–Kier alpha value is -1.95. The molecule has 0 aliphatic carbocycles. The van der Waals surface area contributed by atoms with Crippen LogP contribution in [0.1, 0.15) is 35.7 Å². The lowest BCUT2D eigenvalue weighted by atomic mass is 9.97. The second kappa shape index (κ2) is 6.67. The van der Waals surface area contributed by atoms with E-state index < -0.39 is 10.9 Å². The van der Waals surface area contributed by atoms with Gasteiger partial charge in [0.05, 0.1) is 36.2 Å². The van der Waals surface area contributed by atoms with Gasteiger partial charge >= 0.3 is 5.97 Å². The highest BCUT2D eigenvalue weighted by atomic mass is 16.6. The molecule has 114 valence electrons. The first-order chi connectivity index (χ1) is 10.0. The number of carbonyl (C=O) groups is 1. The Morgan fingerprint density at radius 3 is 2.67 bits per heavy atom. The van der Waals surface area contributed by atoms with Crippen molar-refractivity contribution in [2.75, 3.05) is 20.2 Å². The lowest BCUT2D eigenvalue weighted by molar-refractivity contribution is -0.919. The van der Waals surface area contributed by atoms with E-state index in [1.807, 2.05) is 0 Å². The van der Waals surface area contributed by atoms with Crippen LogP contribution in [-0.4, -0.2) is 31.1 Å². The molecule has 1 fully saturated rings. The zero-order valence-corrected chi connectivity index (χ0v) is 12.4. The fourth-order valence-electron chi connectivity index (χ4n) is 2.83. The number of benzene rings is 1. The van der Waals surface area contributed by atoms with Crippen LogP contribution < -0.4 is 4.90 Å². The van der Waals surface area contributed by atoms with E-state index in [2.05, 4.69) is 6.92 Å². The van der Waals surface area contributed by atoms with Crippen LogP contribution in [0.5, 0.6) is 0 Å². The molecule has 1 aliphatic rings. The van der Waals surface area contributed by atoms with Crippen LogP contribution >= 0.6 is 0 Å². The van der Waals surface area contributed by atoms with Crippen molar-refractivity contribution in [1.29, 1.82) is 0 Å². The van der Waals surface area contributed by atoms with Crippen molar-refractivity contribution < 1.29 is 19.4 Å². The molecule has 1 saturated heterocycles. The predicted octanol–water partition coefficient (Wildman–Crippen LogP) is 1.20. The molecule has 0 saturated carbocycles. The van der Waals surface area contributed by atoms with E-state index in [4.69, 9.17) is 4.74 Å². The molecule has 1 aromatic carbocycles. The molecule has 0 unspecified atom stereocenters. The molecule has 0 radical (unpaired) electrons. The first-order valence-corrected chi connectivity index (χ1v) is 7.21. The Morgan fingerprint density at radius 2 is 2.10 bits per heavy atom. The maximum absolute atomic E-state index is 11.8. The van der Waals surface area contributed by atoms with E-state index in [1.54, 1.807) is 6.07 Å². The summed E-state index contributed by atoms with van der Waals surface area (Å²) in [5.74, 6) is 0.193. The molecular formula is C15H21N2O4+. The number of nitro benzene ring substituents is 1. The quantitative estimate of drug-likeness (QED) is 0.514. The average Bonchev–Trinajstić information content (AvgIpc) is 2.48. The van der Waals surface area contributed by atoms with E-state index in [9.17, 15) is 14.9 Å². The summed E-state index contributed by atoms with van der Waals surface area (Å²) in [5.41, 5.74) is 0.792. The third kappa shape index (κ3) is 3.58. The Morgan fingerprint density at radius 1 is 1.43 bits per heavy atom. The minimum Gasteiger partial charge on any atom is -0.465 e. The zero-order chi connectivity index (χ0) is 15.4. The number of carbonyl (C=O) groups excluding carboxylic acids is 1. The van der Waals surface area contributed by atoms with Crippen molar-refractivity contribution in [3.8, 4) is 0 Å². The number of rotatable bonds is 4. The van der Waals surface area contributed by atoms with Crippen LogP contribution in [0.4, 0.5) is 5.69 Å². The molecule has 0 atom stereocenters. The van der Waals surface area contributed by atoms with Gasteiger partial charge in [0, 0.05) is 6.07 Å². The lowest BCUT2D eigenvalue weighted by Gasteiger charge is -2.27. The van der Waals surface area contributed by atoms with Gasteiger partial charge in [-0.1, -0.05) is 13.0 Å². The molecule has 6 nitrogen and oxygen atoms in total. The molecule has 1 aromatic rings. The second-order valence-electron chi connectivity index (χ2n) is 5.66. The highest BCUT2D eigenvalue weighted by molar-refractivity contribution is 5.92. The van der Waals surface area contributed by atoms with Gasteiger partial charge in [-0.2, -0.15) is 0 Å². The summed E-state index contributed by atoms with van der Waals surface area (Å²) in [4.78, 5) is 23.9. The highest BCUT2D eigenvalue weighted by Crippen LogP contribution is 2.22. The zero-order valence-electron chi connectivity index (χ0n) is 12.4. The number of nitrogens with zero attached hydrogens (tertiary/aromatic N) is 1. The largest absolute Gasteiger partial charge is 0.465 e. The van der Waals surface area contributed by atoms with Gasteiger partial charge in [-0.05, 0) is 24.8 Å². The number of ether oxygens (including phenoxy) is 1. The highest BCUT2D eigenvalue weighted by Gasteiger charge is 2.27. The van der Waals surface area contributed by atoms with Gasteiger partial charge in [0.25, 0.3) is 5.69 Å². The topological polar surface area (TPSA) is 73.9 Å². The molecule has 0 aromatic heterocycles. The Bertz CT molecular complexity index is 536. The Labute approximate surface area is 123 Å². The summed E-state index contributed by atoms with van der Waals surface area (Å²) in [6.07, 6.45) is 2.23. The Kier molecular flexibility index (Phi) is 4.90. The van der Waals surface area contributed by atoms with Crippen LogP contribution in [0.25, 0.3) is 0 Å². The molecule has 6 heteroatoms. The molecule has 1 aliphatic heterocycles. The summed E-state index contributed by atoms with van der Waals surface area (Å²) in [5, 5.41) is 11.2. The number of nitro groups is 1. The maximum Gasteiger partial charge on any atom is 0.338 e. The van der Waals surface area contributed by atoms with E-state index in [0.717, 1.165) is 25.9 Å². The summed E-state index contributed by atoms with van der Waals surface area (Å²) in [6.45, 7) is 4.68. The number of piperidine rings is 1. The van der Waals surface area contributed by atoms with E-state index in [0.29, 0.717) is 23.6 Å². The van der Waals surface area contributed by atoms with Gasteiger partial charge in [0.15, 0.2) is 0 Å². The fraction of sp³-hybridized carbons (Fsp3) is 0.533. The number of likely N-dealkylation sites (tertiary alicyclic amines) is 1. The number of quaternary nitrogens is 1. The molecule has 0 bridgehead atoms. The molecule has 1 heterocycles. The summed E-state index contributed by atoms with van der Waals surface area (Å²) in [6, 6.07) is 4.58. The number of esters is 1. The van der Waals surface area contributed by atoms with Crippen molar-refractivity contribution in [2.24, 2.45) is 5.92 Å². The van der Waals surface area contributed by atoms with Crippen molar-refractivity contribution >= 4 is 11.7 Å². The molecule has 0 spiro atoms. The van der Waals surface area contributed by atoms with Crippen molar-refractivity contribution in [2.45, 2.75) is 26.3 Å². The van der Waals surface area contributed by atoms with E-state index >= 15 is 0 Å². The second-order valence-corrected chi connectivity index (χ2v) is 5.66. The SMILES string of the molecule is COC(=O)c1cccc([N+](=O)[O-])c1C[NH+]1CCC(C)CC1. The average molecular weight is 293 g/mol.